The first-order valence-corrected chi connectivity index (χ1v) is 11.5. The molecule has 0 bridgehead atoms. The first-order valence-electron chi connectivity index (χ1n) is 8.98. The Balaban J connectivity index is 1.97. The van der Waals surface area contributed by atoms with E-state index in [1.807, 2.05) is 47.9 Å². The van der Waals surface area contributed by atoms with Crippen LogP contribution in [-0.2, 0) is 9.53 Å². The maximum atomic E-state index is 13.3. The molecular formula is C21H17BrN2O3S2. The largest absolute Gasteiger partial charge is 0.463 e. The van der Waals surface area contributed by atoms with Gasteiger partial charge >= 0.3 is 5.97 Å². The Labute approximate surface area is 183 Å². The van der Waals surface area contributed by atoms with Gasteiger partial charge < -0.3 is 4.74 Å². The number of aromatic nitrogens is 1. The van der Waals surface area contributed by atoms with Crippen molar-refractivity contribution in [3.05, 3.63) is 87.6 Å². The predicted octanol–water partition coefficient (Wildman–Crippen LogP) is 3.62. The fraction of sp³-hybridized carbons (Fsp3) is 0.190. The fourth-order valence-electron chi connectivity index (χ4n) is 3.25. The quantitative estimate of drug-likeness (QED) is 0.526. The number of halogens is 1. The van der Waals surface area contributed by atoms with E-state index in [0.29, 0.717) is 20.6 Å². The molecule has 5 nitrogen and oxygen atoms in total. The summed E-state index contributed by atoms with van der Waals surface area (Å²) in [7, 11) is 0. The van der Waals surface area contributed by atoms with Crippen LogP contribution in [0.5, 0.6) is 0 Å². The maximum absolute atomic E-state index is 13.3. The monoisotopic (exact) mass is 488 g/mol. The molecule has 8 heteroatoms. The number of esters is 1. The van der Waals surface area contributed by atoms with Gasteiger partial charge in [-0.15, -0.1) is 11.3 Å². The molecule has 1 aliphatic heterocycles. The Hall–Kier alpha value is -2.29. The number of thiophene rings is 1. The number of benzene rings is 1. The summed E-state index contributed by atoms with van der Waals surface area (Å²) in [5.41, 5.74) is 1.63. The second-order valence-corrected chi connectivity index (χ2v) is 9.27. The zero-order valence-corrected chi connectivity index (χ0v) is 18.9. The molecule has 0 saturated heterocycles. The van der Waals surface area contributed by atoms with Gasteiger partial charge in [0, 0.05) is 9.35 Å². The highest BCUT2D eigenvalue weighted by Gasteiger charge is 2.33. The lowest BCUT2D eigenvalue weighted by Gasteiger charge is -2.24. The van der Waals surface area contributed by atoms with Crippen molar-refractivity contribution in [2.75, 3.05) is 6.61 Å². The van der Waals surface area contributed by atoms with Gasteiger partial charge in [0.1, 0.15) is 0 Å². The van der Waals surface area contributed by atoms with Gasteiger partial charge in [0.05, 0.1) is 28.5 Å². The molecule has 0 unspecified atom stereocenters. The van der Waals surface area contributed by atoms with Crippen LogP contribution in [0.15, 0.2) is 67.3 Å². The van der Waals surface area contributed by atoms with E-state index in [1.54, 1.807) is 29.8 Å². The van der Waals surface area contributed by atoms with E-state index in [9.17, 15) is 9.59 Å². The molecule has 0 aliphatic carbocycles. The number of carbonyl (C=O) groups excluding carboxylic acids is 1. The van der Waals surface area contributed by atoms with Gasteiger partial charge in [0.2, 0.25) is 0 Å². The van der Waals surface area contributed by atoms with Crippen LogP contribution >= 0.6 is 38.6 Å². The van der Waals surface area contributed by atoms with Crippen LogP contribution in [0.2, 0.25) is 0 Å². The lowest BCUT2D eigenvalue weighted by molar-refractivity contribution is -0.139. The standard InChI is InChI=1S/C21H17BrN2O3S2/c1-3-27-20(26)17-12(2)23-21-24(18(17)13-6-8-14(22)9-7-13)19(25)16(29-21)11-15-5-4-10-28-15/h4-11,18H,3H2,1-2H3/b16-11+/t18-/m0/s1. The zero-order chi connectivity index (χ0) is 20.5. The van der Waals surface area contributed by atoms with Crippen molar-refractivity contribution < 1.29 is 9.53 Å². The molecule has 0 N–H and O–H groups in total. The average Bonchev–Trinajstić information content (AvgIpc) is 3.30. The number of nitrogens with zero attached hydrogens (tertiary/aromatic N) is 2. The van der Waals surface area contributed by atoms with Gasteiger partial charge in [0.15, 0.2) is 4.80 Å². The number of hydrogen-bond donors (Lipinski definition) is 0. The third-order valence-electron chi connectivity index (χ3n) is 4.52. The lowest BCUT2D eigenvalue weighted by atomic mass is 9.96. The van der Waals surface area contributed by atoms with Crippen LogP contribution in [0.1, 0.15) is 30.3 Å². The Morgan fingerprint density at radius 1 is 1.31 bits per heavy atom. The fourth-order valence-corrected chi connectivity index (χ4v) is 5.29. The summed E-state index contributed by atoms with van der Waals surface area (Å²) in [4.78, 5) is 32.2. The van der Waals surface area contributed by atoms with Crippen molar-refractivity contribution in [2.24, 2.45) is 4.99 Å². The molecule has 1 aliphatic rings. The summed E-state index contributed by atoms with van der Waals surface area (Å²) >= 11 is 6.34. The van der Waals surface area contributed by atoms with Crippen molar-refractivity contribution in [1.82, 2.24) is 4.57 Å². The average molecular weight is 489 g/mol. The topological polar surface area (TPSA) is 60.7 Å². The van der Waals surface area contributed by atoms with Crippen molar-refractivity contribution in [2.45, 2.75) is 19.9 Å². The first-order chi connectivity index (χ1) is 14.0. The maximum Gasteiger partial charge on any atom is 0.338 e. The summed E-state index contributed by atoms with van der Waals surface area (Å²) < 4.78 is 8.40. The number of rotatable bonds is 4. The number of fused-ring (bicyclic) bond motifs is 1. The van der Waals surface area contributed by atoms with Gasteiger partial charge in [-0.1, -0.05) is 45.5 Å². The van der Waals surface area contributed by atoms with Gasteiger partial charge in [0.25, 0.3) is 5.56 Å². The highest BCUT2D eigenvalue weighted by Crippen LogP contribution is 2.31. The normalized spacial score (nSPS) is 16.5. The zero-order valence-electron chi connectivity index (χ0n) is 15.7. The van der Waals surface area contributed by atoms with Crippen molar-refractivity contribution in [3.8, 4) is 0 Å². The van der Waals surface area contributed by atoms with Crippen LogP contribution in [0, 0.1) is 0 Å². The van der Waals surface area contributed by atoms with E-state index < -0.39 is 12.0 Å². The Morgan fingerprint density at radius 3 is 2.72 bits per heavy atom. The van der Waals surface area contributed by atoms with Crippen LogP contribution in [0.25, 0.3) is 6.08 Å². The minimum absolute atomic E-state index is 0.163. The molecule has 1 atom stereocenters. The summed E-state index contributed by atoms with van der Waals surface area (Å²) in [5, 5.41) is 1.97. The molecular weight excluding hydrogens is 472 g/mol. The van der Waals surface area contributed by atoms with Gasteiger partial charge in [-0.2, -0.15) is 0 Å². The molecule has 0 amide bonds. The van der Waals surface area contributed by atoms with Gasteiger partial charge in [-0.05, 0) is 49.1 Å². The highest BCUT2D eigenvalue weighted by molar-refractivity contribution is 9.10. The highest BCUT2D eigenvalue weighted by atomic mass is 79.9. The van der Waals surface area contributed by atoms with Crippen LogP contribution < -0.4 is 14.9 Å². The SMILES string of the molecule is CCOC(=O)C1=C(C)N=c2s/c(=C/c3cccs3)c(=O)n2[C@H]1c1ccc(Br)cc1. The molecule has 0 radical (unpaired) electrons. The van der Waals surface area contributed by atoms with Gasteiger partial charge in [-0.3, -0.25) is 9.36 Å². The molecule has 0 spiro atoms. The van der Waals surface area contributed by atoms with E-state index in [1.165, 1.54) is 11.3 Å². The van der Waals surface area contributed by atoms with Crippen LogP contribution in [-0.4, -0.2) is 17.1 Å². The minimum atomic E-state index is -0.580. The summed E-state index contributed by atoms with van der Waals surface area (Å²) in [6.07, 6.45) is 1.87. The summed E-state index contributed by atoms with van der Waals surface area (Å²) in [5.74, 6) is -0.450. The minimum Gasteiger partial charge on any atom is -0.463 e. The molecule has 2 aromatic heterocycles. The van der Waals surface area contributed by atoms with Crippen LogP contribution in [0.4, 0.5) is 0 Å². The Morgan fingerprint density at radius 2 is 2.07 bits per heavy atom. The third-order valence-corrected chi connectivity index (χ3v) is 6.85. The van der Waals surface area contributed by atoms with Crippen molar-refractivity contribution >= 4 is 50.6 Å². The number of ether oxygens (including phenoxy) is 1. The number of hydrogen-bond acceptors (Lipinski definition) is 6. The van der Waals surface area contributed by atoms with E-state index in [2.05, 4.69) is 20.9 Å². The lowest BCUT2D eigenvalue weighted by Crippen LogP contribution is -2.39. The Bertz CT molecular complexity index is 1270. The predicted molar refractivity (Wildman–Crippen MR) is 119 cm³/mol. The molecule has 148 valence electrons. The van der Waals surface area contributed by atoms with E-state index >= 15 is 0 Å². The second kappa shape index (κ2) is 8.22. The molecule has 0 saturated carbocycles. The number of thiazole rings is 1. The third kappa shape index (κ3) is 3.80. The van der Waals surface area contributed by atoms with Crippen molar-refractivity contribution in [1.29, 1.82) is 0 Å². The summed E-state index contributed by atoms with van der Waals surface area (Å²) in [6, 6.07) is 10.9. The number of carbonyl (C=O) groups is 1. The summed E-state index contributed by atoms with van der Waals surface area (Å²) in [6.45, 7) is 3.80. The second-order valence-electron chi connectivity index (χ2n) is 6.37. The first kappa shape index (κ1) is 20.0. The molecule has 3 heterocycles. The molecule has 1 aromatic carbocycles. The van der Waals surface area contributed by atoms with E-state index in [0.717, 1.165) is 14.9 Å². The molecule has 3 aromatic rings. The number of allylic oxidation sites excluding steroid dienone is 1. The Kier molecular flexibility index (Phi) is 5.67. The van der Waals surface area contributed by atoms with E-state index in [-0.39, 0.29) is 12.2 Å². The molecule has 0 fully saturated rings. The molecule has 29 heavy (non-hydrogen) atoms. The smallest absolute Gasteiger partial charge is 0.338 e. The van der Waals surface area contributed by atoms with Crippen molar-refractivity contribution in [3.63, 3.8) is 0 Å². The van der Waals surface area contributed by atoms with E-state index in [4.69, 9.17) is 4.74 Å². The van der Waals surface area contributed by atoms with Gasteiger partial charge in [-0.25, -0.2) is 9.79 Å². The molecule has 4 rings (SSSR count). The van der Waals surface area contributed by atoms with Crippen LogP contribution in [0.3, 0.4) is 0 Å².